The number of methoxy groups -OCH3 is 1. The first kappa shape index (κ1) is 15.4. The van der Waals surface area contributed by atoms with E-state index in [9.17, 15) is 4.79 Å². The van der Waals surface area contributed by atoms with Crippen molar-refractivity contribution in [3.05, 3.63) is 10.6 Å². The first-order valence-electron chi connectivity index (χ1n) is 5.77. The molecule has 3 N–H and O–H groups in total. The van der Waals surface area contributed by atoms with Gasteiger partial charge in [-0.3, -0.25) is 10.1 Å². The number of carbonyl (C=O) groups excluding carboxylic acids is 1. The number of hydrogen-bond acceptors (Lipinski definition) is 5. The number of halogens is 1. The van der Waals surface area contributed by atoms with Crippen LogP contribution in [-0.4, -0.2) is 30.6 Å². The normalized spacial score (nSPS) is 15.4. The Morgan fingerprint density at radius 1 is 1.56 bits per heavy atom. The molecule has 0 aromatic carbocycles. The number of aromatic nitrogens is 1. The number of nitrogens with one attached hydrogen (secondary N) is 1. The summed E-state index contributed by atoms with van der Waals surface area (Å²) < 4.78 is 4.98. The number of thiazole rings is 1. The highest BCUT2D eigenvalue weighted by Crippen LogP contribution is 2.29. The monoisotopic (exact) mass is 291 g/mol. The quantitative estimate of drug-likeness (QED) is 0.878. The maximum atomic E-state index is 11.7. The summed E-state index contributed by atoms with van der Waals surface area (Å²) in [7, 11) is 1.48. The Morgan fingerprint density at radius 3 is 2.89 bits per heavy atom. The first-order valence-corrected chi connectivity index (χ1v) is 6.58. The van der Waals surface area contributed by atoms with Crippen molar-refractivity contribution in [2.24, 2.45) is 5.73 Å². The van der Waals surface area contributed by atoms with Crippen LogP contribution < -0.4 is 11.1 Å². The van der Waals surface area contributed by atoms with Gasteiger partial charge >= 0.3 is 0 Å². The van der Waals surface area contributed by atoms with Gasteiger partial charge in [-0.1, -0.05) is 0 Å². The third-order valence-electron chi connectivity index (χ3n) is 2.87. The lowest BCUT2D eigenvalue weighted by molar-refractivity contribution is -0.125. The van der Waals surface area contributed by atoms with Crippen LogP contribution in [0.2, 0.25) is 0 Å². The van der Waals surface area contributed by atoms with Gasteiger partial charge < -0.3 is 10.5 Å². The Morgan fingerprint density at radius 2 is 2.28 bits per heavy atom. The maximum Gasteiger partial charge on any atom is 0.256 e. The summed E-state index contributed by atoms with van der Waals surface area (Å²) in [5, 5.41) is 3.43. The lowest BCUT2D eigenvalue weighted by atomic mass is 10.0. The van der Waals surface area contributed by atoms with Crippen molar-refractivity contribution in [3.8, 4) is 0 Å². The highest BCUT2D eigenvalue weighted by atomic mass is 35.5. The predicted molar refractivity (Wildman–Crippen MR) is 74.5 cm³/mol. The highest BCUT2D eigenvalue weighted by molar-refractivity contribution is 7.15. The Hall–Kier alpha value is -0.690. The number of anilines is 1. The lowest BCUT2D eigenvalue weighted by Gasteiger charge is -2.10. The smallest absolute Gasteiger partial charge is 0.256 e. The van der Waals surface area contributed by atoms with Crippen LogP contribution in [-0.2, 0) is 22.4 Å². The van der Waals surface area contributed by atoms with Crippen molar-refractivity contribution in [2.75, 3.05) is 19.0 Å². The van der Waals surface area contributed by atoms with Gasteiger partial charge in [0.2, 0.25) is 0 Å². The van der Waals surface area contributed by atoms with Crippen molar-refractivity contribution >= 4 is 34.8 Å². The van der Waals surface area contributed by atoms with Crippen molar-refractivity contribution in [3.63, 3.8) is 0 Å². The number of aryl methyl sites for hydroxylation is 2. The molecule has 1 aliphatic rings. The fraction of sp³-hybridized carbons (Fsp3) is 0.636. The molecule has 2 rings (SSSR count). The van der Waals surface area contributed by atoms with E-state index in [0.29, 0.717) is 5.13 Å². The number of hydrogen-bond donors (Lipinski definition) is 2. The molecule has 1 amide bonds. The second-order valence-electron chi connectivity index (χ2n) is 4.05. The zero-order valence-electron chi connectivity index (χ0n) is 10.3. The van der Waals surface area contributed by atoms with E-state index in [0.717, 1.165) is 18.5 Å². The zero-order chi connectivity index (χ0) is 12.3. The Balaban J connectivity index is 0.00000162. The lowest BCUT2D eigenvalue weighted by Crippen LogP contribution is -2.35. The minimum absolute atomic E-state index is 0. The summed E-state index contributed by atoms with van der Waals surface area (Å²) in [5.74, 6) is -0.221. The number of nitrogens with two attached hydrogens (primary N) is 1. The number of amides is 1. The average molecular weight is 292 g/mol. The number of ether oxygens (including phenoxy) is 1. The van der Waals surface area contributed by atoms with E-state index in [-0.39, 0.29) is 24.9 Å². The molecule has 1 heterocycles. The number of fused-ring (bicyclic) bond motifs is 1. The molecule has 0 fully saturated rings. The van der Waals surface area contributed by atoms with Gasteiger partial charge in [0.1, 0.15) is 6.10 Å². The molecule has 102 valence electrons. The molecule has 1 aliphatic carbocycles. The molecule has 18 heavy (non-hydrogen) atoms. The molecule has 0 aliphatic heterocycles. The van der Waals surface area contributed by atoms with Gasteiger partial charge in [-0.25, -0.2) is 4.98 Å². The summed E-state index contributed by atoms with van der Waals surface area (Å²) >= 11 is 1.56. The van der Waals surface area contributed by atoms with E-state index in [1.807, 2.05) is 0 Å². The second-order valence-corrected chi connectivity index (χ2v) is 5.13. The molecule has 0 saturated carbocycles. The van der Waals surface area contributed by atoms with Crippen LogP contribution in [0.15, 0.2) is 0 Å². The van der Waals surface area contributed by atoms with Crippen molar-refractivity contribution in [1.82, 2.24) is 4.98 Å². The zero-order valence-corrected chi connectivity index (χ0v) is 11.9. The van der Waals surface area contributed by atoms with Gasteiger partial charge in [-0.05, 0) is 25.7 Å². The van der Waals surface area contributed by atoms with Crippen molar-refractivity contribution in [2.45, 2.75) is 31.8 Å². The van der Waals surface area contributed by atoms with Crippen LogP contribution in [0.1, 0.15) is 23.4 Å². The van der Waals surface area contributed by atoms with E-state index in [1.165, 1.54) is 24.8 Å². The minimum atomic E-state index is -0.601. The van der Waals surface area contributed by atoms with Crippen LogP contribution >= 0.6 is 23.7 Å². The average Bonchev–Trinajstić information content (AvgIpc) is 2.72. The molecular formula is C11H18ClN3O2S. The van der Waals surface area contributed by atoms with Crippen LogP contribution in [0.3, 0.4) is 0 Å². The fourth-order valence-corrected chi connectivity index (χ4v) is 2.95. The van der Waals surface area contributed by atoms with Crippen LogP contribution in [0.25, 0.3) is 0 Å². The Bertz CT molecular complexity index is 383. The number of nitrogens with zero attached hydrogens (tertiary/aromatic N) is 1. The van der Waals surface area contributed by atoms with Gasteiger partial charge in [0.25, 0.3) is 5.91 Å². The van der Waals surface area contributed by atoms with Gasteiger partial charge in [-0.2, -0.15) is 0 Å². The summed E-state index contributed by atoms with van der Waals surface area (Å²) in [6.45, 7) is 0.174. The van der Waals surface area contributed by atoms with E-state index >= 15 is 0 Å². The van der Waals surface area contributed by atoms with E-state index in [1.54, 1.807) is 11.3 Å². The topological polar surface area (TPSA) is 77.2 Å². The number of carbonyl (C=O) groups is 1. The molecule has 1 unspecified atom stereocenters. The summed E-state index contributed by atoms with van der Waals surface area (Å²) in [5.41, 5.74) is 6.57. The third-order valence-corrected chi connectivity index (χ3v) is 3.94. The summed E-state index contributed by atoms with van der Waals surface area (Å²) in [6.07, 6.45) is 3.90. The molecule has 0 saturated heterocycles. The van der Waals surface area contributed by atoms with Gasteiger partial charge in [0.15, 0.2) is 5.13 Å². The SMILES string of the molecule is COC(CN)C(=O)Nc1nc2c(s1)CCCC2.Cl. The molecule has 5 nitrogen and oxygen atoms in total. The molecule has 1 atom stereocenters. The largest absolute Gasteiger partial charge is 0.370 e. The van der Waals surface area contributed by atoms with Crippen molar-refractivity contribution < 1.29 is 9.53 Å². The van der Waals surface area contributed by atoms with Crippen LogP contribution in [0, 0.1) is 0 Å². The fourth-order valence-electron chi connectivity index (χ4n) is 1.90. The summed E-state index contributed by atoms with van der Waals surface area (Å²) in [6, 6.07) is 0. The second kappa shape index (κ2) is 7.04. The first-order chi connectivity index (χ1) is 8.24. The molecule has 0 bridgehead atoms. The van der Waals surface area contributed by atoms with Gasteiger partial charge in [0.05, 0.1) is 5.69 Å². The summed E-state index contributed by atoms with van der Waals surface area (Å²) in [4.78, 5) is 17.5. The molecule has 1 aromatic rings. The van der Waals surface area contributed by atoms with Crippen LogP contribution in [0.5, 0.6) is 0 Å². The van der Waals surface area contributed by atoms with E-state index in [4.69, 9.17) is 10.5 Å². The van der Waals surface area contributed by atoms with Gasteiger partial charge in [0, 0.05) is 18.5 Å². The molecule has 0 radical (unpaired) electrons. The number of rotatable bonds is 4. The van der Waals surface area contributed by atoms with E-state index < -0.39 is 6.10 Å². The Kier molecular flexibility index (Phi) is 6.01. The molecule has 0 spiro atoms. The molecular weight excluding hydrogens is 274 g/mol. The molecule has 1 aromatic heterocycles. The Labute approximate surface area is 117 Å². The third kappa shape index (κ3) is 3.41. The van der Waals surface area contributed by atoms with E-state index in [2.05, 4.69) is 10.3 Å². The highest BCUT2D eigenvalue weighted by Gasteiger charge is 2.20. The molecule has 7 heteroatoms. The predicted octanol–water partition coefficient (Wildman–Crippen LogP) is 1.36. The minimum Gasteiger partial charge on any atom is -0.370 e. The standard InChI is InChI=1S/C11H17N3O2S.ClH/c1-16-8(6-12)10(15)14-11-13-7-4-2-3-5-9(7)17-11;/h8H,2-6,12H2,1H3,(H,13,14,15);1H. The maximum absolute atomic E-state index is 11.7. The van der Waals surface area contributed by atoms with Crippen LogP contribution in [0.4, 0.5) is 5.13 Å². The van der Waals surface area contributed by atoms with Gasteiger partial charge in [-0.15, -0.1) is 23.7 Å². The van der Waals surface area contributed by atoms with Crippen molar-refractivity contribution in [1.29, 1.82) is 0 Å².